The van der Waals surface area contributed by atoms with Crippen LogP contribution >= 0.6 is 0 Å². The van der Waals surface area contributed by atoms with Crippen LogP contribution in [0.4, 0.5) is 0 Å². The Morgan fingerprint density at radius 1 is 1.22 bits per heavy atom. The fourth-order valence-electron chi connectivity index (χ4n) is 3.30. The van der Waals surface area contributed by atoms with Gasteiger partial charge in [-0.25, -0.2) is 0 Å². The Hall–Kier alpha value is -0.860. The minimum atomic E-state index is -0.0894. The summed E-state index contributed by atoms with van der Waals surface area (Å²) in [6.45, 7) is 8.65. The summed E-state index contributed by atoms with van der Waals surface area (Å²) in [4.78, 5) is 0. The van der Waals surface area contributed by atoms with Crippen LogP contribution in [0, 0.1) is 5.92 Å². The third kappa shape index (κ3) is 1.70. The fourth-order valence-corrected chi connectivity index (χ4v) is 3.30. The van der Waals surface area contributed by atoms with E-state index in [4.69, 9.17) is 4.74 Å². The third-order valence-corrected chi connectivity index (χ3v) is 4.84. The van der Waals surface area contributed by atoms with Gasteiger partial charge in [0.2, 0.25) is 0 Å². The molecule has 0 radical (unpaired) electrons. The highest BCUT2D eigenvalue weighted by atomic mass is 16.5. The third-order valence-electron chi connectivity index (χ3n) is 4.84. The number of nitrogens with one attached hydrogen (secondary N) is 1. The number of benzene rings is 1. The van der Waals surface area contributed by atoms with Crippen molar-refractivity contribution < 1.29 is 4.74 Å². The van der Waals surface area contributed by atoms with Gasteiger partial charge in [0.15, 0.2) is 0 Å². The minimum Gasteiger partial charge on any atom is -0.361 e. The van der Waals surface area contributed by atoms with Crippen molar-refractivity contribution >= 4 is 0 Å². The zero-order valence-corrected chi connectivity index (χ0v) is 11.6. The minimum absolute atomic E-state index is 0.0598. The van der Waals surface area contributed by atoms with Crippen molar-refractivity contribution in [3.8, 4) is 0 Å². The monoisotopic (exact) mass is 245 g/mol. The molecule has 1 saturated heterocycles. The Balaban J connectivity index is 1.98. The SMILES string of the molecule is CC(C)C1(C)CNCC2(CCc3ccccc32)O1. The highest BCUT2D eigenvalue weighted by Crippen LogP contribution is 2.45. The highest BCUT2D eigenvalue weighted by Gasteiger charge is 2.48. The average Bonchev–Trinajstić information content (AvgIpc) is 2.69. The summed E-state index contributed by atoms with van der Waals surface area (Å²) in [5, 5.41) is 3.61. The van der Waals surface area contributed by atoms with Crippen LogP contribution in [-0.4, -0.2) is 18.7 Å². The van der Waals surface area contributed by atoms with Gasteiger partial charge in [0, 0.05) is 13.1 Å². The molecule has 1 spiro atoms. The van der Waals surface area contributed by atoms with Gasteiger partial charge in [-0.1, -0.05) is 38.1 Å². The molecule has 1 N–H and O–H groups in total. The van der Waals surface area contributed by atoms with Gasteiger partial charge in [0.1, 0.15) is 5.60 Å². The Kier molecular flexibility index (Phi) is 2.76. The second-order valence-electron chi connectivity index (χ2n) is 6.32. The molecule has 2 atom stereocenters. The number of rotatable bonds is 1. The lowest BCUT2D eigenvalue weighted by Gasteiger charge is -2.48. The van der Waals surface area contributed by atoms with Crippen molar-refractivity contribution in [2.24, 2.45) is 5.92 Å². The predicted molar refractivity (Wildman–Crippen MR) is 73.6 cm³/mol. The van der Waals surface area contributed by atoms with Crippen LogP contribution in [0.2, 0.25) is 0 Å². The summed E-state index contributed by atoms with van der Waals surface area (Å²) in [5.41, 5.74) is 2.72. The molecule has 1 aliphatic heterocycles. The van der Waals surface area contributed by atoms with Crippen molar-refractivity contribution in [3.63, 3.8) is 0 Å². The van der Waals surface area contributed by atoms with Gasteiger partial charge in [-0.05, 0) is 36.8 Å². The molecule has 3 rings (SSSR count). The number of hydrogen-bond donors (Lipinski definition) is 1. The van der Waals surface area contributed by atoms with Crippen molar-refractivity contribution in [1.82, 2.24) is 5.32 Å². The lowest BCUT2D eigenvalue weighted by atomic mass is 9.85. The quantitative estimate of drug-likeness (QED) is 0.821. The fraction of sp³-hybridized carbons (Fsp3) is 0.625. The Morgan fingerprint density at radius 3 is 2.78 bits per heavy atom. The van der Waals surface area contributed by atoms with Crippen LogP contribution in [0.3, 0.4) is 0 Å². The van der Waals surface area contributed by atoms with Gasteiger partial charge in [0.05, 0.1) is 5.60 Å². The van der Waals surface area contributed by atoms with E-state index in [2.05, 4.69) is 50.4 Å². The Labute approximate surface area is 110 Å². The molecule has 2 unspecified atom stereocenters. The summed E-state index contributed by atoms with van der Waals surface area (Å²) >= 11 is 0. The van der Waals surface area contributed by atoms with Gasteiger partial charge < -0.3 is 10.1 Å². The zero-order chi connectivity index (χ0) is 12.8. The topological polar surface area (TPSA) is 21.3 Å². The first-order valence-electron chi connectivity index (χ1n) is 7.05. The summed E-state index contributed by atoms with van der Waals surface area (Å²) in [5.74, 6) is 0.523. The molecule has 1 aliphatic carbocycles. The zero-order valence-electron chi connectivity index (χ0n) is 11.6. The van der Waals surface area contributed by atoms with E-state index >= 15 is 0 Å². The maximum atomic E-state index is 6.65. The highest BCUT2D eigenvalue weighted by molar-refractivity contribution is 5.38. The molecule has 0 bridgehead atoms. The summed E-state index contributed by atoms with van der Waals surface area (Å²) < 4.78 is 6.65. The largest absolute Gasteiger partial charge is 0.361 e. The molecule has 98 valence electrons. The molecule has 2 aliphatic rings. The second kappa shape index (κ2) is 4.07. The first-order valence-corrected chi connectivity index (χ1v) is 7.05. The van der Waals surface area contributed by atoms with Crippen molar-refractivity contribution in [2.75, 3.05) is 13.1 Å². The lowest BCUT2D eigenvalue weighted by Crippen LogP contribution is -2.59. The van der Waals surface area contributed by atoms with Gasteiger partial charge in [-0.2, -0.15) is 0 Å². The van der Waals surface area contributed by atoms with Crippen LogP contribution in [0.25, 0.3) is 0 Å². The van der Waals surface area contributed by atoms with Gasteiger partial charge in [0.25, 0.3) is 0 Å². The molecule has 0 amide bonds. The summed E-state index contributed by atoms with van der Waals surface area (Å²) in [6.07, 6.45) is 2.26. The van der Waals surface area contributed by atoms with Crippen LogP contribution in [-0.2, 0) is 16.8 Å². The summed E-state index contributed by atoms with van der Waals surface area (Å²) in [6, 6.07) is 8.76. The smallest absolute Gasteiger partial charge is 0.107 e. The number of ether oxygens (including phenoxy) is 1. The van der Waals surface area contributed by atoms with E-state index in [0.717, 1.165) is 25.9 Å². The molecular weight excluding hydrogens is 222 g/mol. The van der Waals surface area contributed by atoms with E-state index in [-0.39, 0.29) is 11.2 Å². The number of aryl methyl sites for hydroxylation is 1. The molecule has 1 aromatic rings. The lowest BCUT2D eigenvalue weighted by molar-refractivity contribution is -0.193. The van der Waals surface area contributed by atoms with E-state index in [9.17, 15) is 0 Å². The standard InChI is InChI=1S/C16H23NO/c1-12(2)15(3)10-17-11-16(18-15)9-8-13-6-4-5-7-14(13)16/h4-7,12,17H,8-11H2,1-3H3. The molecular formula is C16H23NO. The number of fused-ring (bicyclic) bond motifs is 2. The predicted octanol–water partition coefficient (Wildman–Crippen LogP) is 2.86. The maximum absolute atomic E-state index is 6.65. The van der Waals surface area contributed by atoms with Crippen LogP contribution in [0.15, 0.2) is 24.3 Å². The first kappa shape index (κ1) is 12.2. The van der Waals surface area contributed by atoms with Gasteiger partial charge in [-0.3, -0.25) is 0 Å². The van der Waals surface area contributed by atoms with E-state index < -0.39 is 0 Å². The van der Waals surface area contributed by atoms with E-state index in [0.29, 0.717) is 5.92 Å². The van der Waals surface area contributed by atoms with E-state index in [1.54, 1.807) is 0 Å². The maximum Gasteiger partial charge on any atom is 0.107 e. The van der Waals surface area contributed by atoms with Crippen molar-refractivity contribution in [3.05, 3.63) is 35.4 Å². The molecule has 1 heterocycles. The average molecular weight is 245 g/mol. The van der Waals surface area contributed by atoms with Crippen molar-refractivity contribution in [1.29, 1.82) is 0 Å². The molecule has 0 aromatic heterocycles. The normalized spacial score (nSPS) is 35.1. The van der Waals surface area contributed by atoms with Gasteiger partial charge >= 0.3 is 0 Å². The van der Waals surface area contributed by atoms with E-state index in [1.165, 1.54) is 11.1 Å². The second-order valence-corrected chi connectivity index (χ2v) is 6.32. The van der Waals surface area contributed by atoms with Crippen LogP contribution in [0.5, 0.6) is 0 Å². The molecule has 2 heteroatoms. The Bertz CT molecular complexity index is 452. The van der Waals surface area contributed by atoms with E-state index in [1.807, 2.05) is 0 Å². The first-order chi connectivity index (χ1) is 8.56. The van der Waals surface area contributed by atoms with Crippen molar-refractivity contribution in [2.45, 2.75) is 44.8 Å². The molecule has 18 heavy (non-hydrogen) atoms. The number of morpholine rings is 1. The number of hydrogen-bond acceptors (Lipinski definition) is 2. The Morgan fingerprint density at radius 2 is 2.00 bits per heavy atom. The van der Waals surface area contributed by atoms with Gasteiger partial charge in [-0.15, -0.1) is 0 Å². The molecule has 1 fully saturated rings. The van der Waals surface area contributed by atoms with Crippen LogP contribution in [0.1, 0.15) is 38.3 Å². The molecule has 0 saturated carbocycles. The molecule has 1 aromatic carbocycles. The van der Waals surface area contributed by atoms with Crippen LogP contribution < -0.4 is 5.32 Å². The summed E-state index contributed by atoms with van der Waals surface area (Å²) in [7, 11) is 0. The molecule has 2 nitrogen and oxygen atoms in total.